The van der Waals surface area contributed by atoms with Gasteiger partial charge in [0, 0.05) is 6.61 Å². The standard InChI is InChI=1S/C12H13FN2O4/c13-7-1-2-10(9(5-7)11(16)17)15-12(18)14-8-3-4-19-6-8/h1-2,5,8H,3-4,6H2,(H,16,17)(H2,14,15,18). The zero-order valence-corrected chi connectivity index (χ0v) is 9.98. The first-order valence-electron chi connectivity index (χ1n) is 5.74. The summed E-state index contributed by atoms with van der Waals surface area (Å²) < 4.78 is 18.1. The van der Waals surface area contributed by atoms with E-state index in [1.807, 2.05) is 0 Å². The summed E-state index contributed by atoms with van der Waals surface area (Å²) in [6, 6.07) is 2.53. The van der Waals surface area contributed by atoms with Crippen molar-refractivity contribution in [3.63, 3.8) is 0 Å². The number of anilines is 1. The molecule has 0 radical (unpaired) electrons. The van der Waals surface area contributed by atoms with Crippen molar-refractivity contribution in [3.8, 4) is 0 Å². The maximum absolute atomic E-state index is 13.0. The quantitative estimate of drug-likeness (QED) is 0.774. The summed E-state index contributed by atoms with van der Waals surface area (Å²) in [5.41, 5.74) is -0.247. The second-order valence-corrected chi connectivity index (χ2v) is 4.15. The largest absolute Gasteiger partial charge is 0.478 e. The molecule has 2 amide bonds. The molecule has 0 saturated carbocycles. The Morgan fingerprint density at radius 2 is 2.21 bits per heavy atom. The van der Waals surface area contributed by atoms with E-state index in [0.717, 1.165) is 12.1 Å². The molecule has 2 rings (SSSR count). The first-order valence-corrected chi connectivity index (χ1v) is 5.74. The number of aromatic carboxylic acids is 1. The number of rotatable bonds is 3. The Morgan fingerprint density at radius 1 is 1.42 bits per heavy atom. The molecule has 0 spiro atoms. The second kappa shape index (κ2) is 5.66. The van der Waals surface area contributed by atoms with E-state index in [-0.39, 0.29) is 17.3 Å². The monoisotopic (exact) mass is 268 g/mol. The SMILES string of the molecule is O=C(Nc1ccc(F)cc1C(=O)O)NC1CCOC1. The van der Waals surface area contributed by atoms with Gasteiger partial charge in [0.25, 0.3) is 0 Å². The van der Waals surface area contributed by atoms with Crippen LogP contribution >= 0.6 is 0 Å². The zero-order valence-electron chi connectivity index (χ0n) is 9.98. The molecule has 6 nitrogen and oxygen atoms in total. The Balaban J connectivity index is 2.05. The van der Waals surface area contributed by atoms with Crippen LogP contribution in [0.25, 0.3) is 0 Å². The van der Waals surface area contributed by atoms with Crippen LogP contribution in [0.15, 0.2) is 18.2 Å². The number of ether oxygens (including phenoxy) is 1. The lowest BCUT2D eigenvalue weighted by atomic mass is 10.1. The van der Waals surface area contributed by atoms with Crippen molar-refractivity contribution in [2.24, 2.45) is 0 Å². The number of nitrogens with one attached hydrogen (secondary N) is 2. The van der Waals surface area contributed by atoms with Crippen molar-refractivity contribution in [2.75, 3.05) is 18.5 Å². The number of carboxylic acid groups (broad SMARTS) is 1. The fraction of sp³-hybridized carbons (Fsp3) is 0.333. The molecular formula is C12H13FN2O4. The fourth-order valence-electron chi connectivity index (χ4n) is 1.79. The summed E-state index contributed by atoms with van der Waals surface area (Å²) in [5.74, 6) is -1.98. The summed E-state index contributed by atoms with van der Waals surface area (Å²) in [4.78, 5) is 22.6. The van der Waals surface area contributed by atoms with Crippen molar-refractivity contribution in [3.05, 3.63) is 29.6 Å². The maximum atomic E-state index is 13.0. The predicted molar refractivity (Wildman–Crippen MR) is 64.7 cm³/mol. The van der Waals surface area contributed by atoms with Crippen LogP contribution in [-0.4, -0.2) is 36.4 Å². The molecule has 1 saturated heterocycles. The van der Waals surface area contributed by atoms with Gasteiger partial charge in [-0.25, -0.2) is 14.0 Å². The van der Waals surface area contributed by atoms with E-state index in [4.69, 9.17) is 9.84 Å². The highest BCUT2D eigenvalue weighted by molar-refractivity contribution is 6.00. The second-order valence-electron chi connectivity index (χ2n) is 4.15. The van der Waals surface area contributed by atoms with Gasteiger partial charge in [-0.05, 0) is 24.6 Å². The minimum atomic E-state index is -1.31. The maximum Gasteiger partial charge on any atom is 0.337 e. The van der Waals surface area contributed by atoms with Gasteiger partial charge in [-0.15, -0.1) is 0 Å². The minimum Gasteiger partial charge on any atom is -0.478 e. The van der Waals surface area contributed by atoms with E-state index in [1.54, 1.807) is 0 Å². The summed E-state index contributed by atoms with van der Waals surface area (Å²) in [5, 5.41) is 14.0. The predicted octanol–water partition coefficient (Wildman–Crippen LogP) is 1.43. The third kappa shape index (κ3) is 3.41. The lowest BCUT2D eigenvalue weighted by Gasteiger charge is -2.13. The minimum absolute atomic E-state index is 0.0466. The van der Waals surface area contributed by atoms with Crippen molar-refractivity contribution in [1.82, 2.24) is 5.32 Å². The number of amides is 2. The first kappa shape index (κ1) is 13.3. The van der Waals surface area contributed by atoms with Gasteiger partial charge in [0.1, 0.15) is 5.82 Å². The summed E-state index contributed by atoms with van der Waals surface area (Å²) in [6.07, 6.45) is 0.711. The van der Waals surface area contributed by atoms with Crippen molar-refractivity contribution in [1.29, 1.82) is 0 Å². The van der Waals surface area contributed by atoms with Gasteiger partial charge >= 0.3 is 12.0 Å². The number of hydrogen-bond donors (Lipinski definition) is 3. The average Bonchev–Trinajstić information content (AvgIpc) is 2.83. The molecule has 1 aromatic carbocycles. The van der Waals surface area contributed by atoms with Crippen LogP contribution in [0.5, 0.6) is 0 Å². The molecule has 0 bridgehead atoms. The Kier molecular flexibility index (Phi) is 3.96. The molecule has 0 aromatic heterocycles. The van der Waals surface area contributed by atoms with Crippen molar-refractivity contribution < 1.29 is 23.8 Å². The molecule has 1 aliphatic rings. The highest BCUT2D eigenvalue weighted by Crippen LogP contribution is 2.17. The van der Waals surface area contributed by atoms with Crippen molar-refractivity contribution >= 4 is 17.7 Å². The van der Waals surface area contributed by atoms with E-state index in [1.165, 1.54) is 6.07 Å². The number of carbonyl (C=O) groups excluding carboxylic acids is 1. The Hall–Kier alpha value is -2.15. The summed E-state index contributed by atoms with van der Waals surface area (Å²) >= 11 is 0. The summed E-state index contributed by atoms with van der Waals surface area (Å²) in [7, 11) is 0. The highest BCUT2D eigenvalue weighted by atomic mass is 19.1. The fourth-order valence-corrected chi connectivity index (χ4v) is 1.79. The zero-order chi connectivity index (χ0) is 13.8. The van der Waals surface area contributed by atoms with Gasteiger partial charge in [-0.2, -0.15) is 0 Å². The molecule has 102 valence electrons. The lowest BCUT2D eigenvalue weighted by Crippen LogP contribution is -2.38. The molecule has 1 atom stereocenters. The number of hydrogen-bond acceptors (Lipinski definition) is 3. The van der Waals surface area contributed by atoms with Crippen LogP contribution in [0.2, 0.25) is 0 Å². The molecule has 0 aliphatic carbocycles. The van der Waals surface area contributed by atoms with Crippen LogP contribution in [0.4, 0.5) is 14.9 Å². The Labute approximate surface area is 108 Å². The molecule has 1 unspecified atom stereocenters. The molecule has 1 aromatic rings. The van der Waals surface area contributed by atoms with Crippen LogP contribution in [0.3, 0.4) is 0 Å². The van der Waals surface area contributed by atoms with E-state index in [9.17, 15) is 14.0 Å². The van der Waals surface area contributed by atoms with Crippen LogP contribution in [0, 0.1) is 5.82 Å². The van der Waals surface area contributed by atoms with Crippen LogP contribution in [0.1, 0.15) is 16.8 Å². The first-order chi connectivity index (χ1) is 9.06. The molecule has 3 N–H and O–H groups in total. The van der Waals surface area contributed by atoms with E-state index in [2.05, 4.69) is 10.6 Å². The van der Waals surface area contributed by atoms with Gasteiger partial charge in [0.2, 0.25) is 0 Å². The normalized spacial score (nSPS) is 18.1. The molecular weight excluding hydrogens is 255 g/mol. The Bertz CT molecular complexity index is 501. The Morgan fingerprint density at radius 3 is 2.84 bits per heavy atom. The molecule has 1 aliphatic heterocycles. The van der Waals surface area contributed by atoms with E-state index < -0.39 is 17.8 Å². The van der Waals surface area contributed by atoms with Gasteiger partial charge in [-0.1, -0.05) is 0 Å². The number of urea groups is 1. The third-order valence-electron chi connectivity index (χ3n) is 2.73. The van der Waals surface area contributed by atoms with Crippen LogP contribution < -0.4 is 10.6 Å². The number of carbonyl (C=O) groups is 2. The third-order valence-corrected chi connectivity index (χ3v) is 2.73. The van der Waals surface area contributed by atoms with Gasteiger partial charge in [0.15, 0.2) is 0 Å². The van der Waals surface area contributed by atoms with E-state index >= 15 is 0 Å². The highest BCUT2D eigenvalue weighted by Gasteiger charge is 2.19. The smallest absolute Gasteiger partial charge is 0.337 e. The van der Waals surface area contributed by atoms with Gasteiger partial charge in [0.05, 0.1) is 23.9 Å². The molecule has 1 heterocycles. The number of benzene rings is 1. The van der Waals surface area contributed by atoms with Crippen LogP contribution in [-0.2, 0) is 4.74 Å². The lowest BCUT2D eigenvalue weighted by molar-refractivity contribution is 0.0697. The number of halogens is 1. The van der Waals surface area contributed by atoms with E-state index in [0.29, 0.717) is 19.6 Å². The average molecular weight is 268 g/mol. The van der Waals surface area contributed by atoms with Gasteiger partial charge < -0.3 is 20.5 Å². The molecule has 1 fully saturated rings. The molecule has 7 heteroatoms. The topological polar surface area (TPSA) is 87.7 Å². The summed E-state index contributed by atoms with van der Waals surface area (Å²) in [6.45, 7) is 1.02. The van der Waals surface area contributed by atoms with Gasteiger partial charge in [-0.3, -0.25) is 0 Å². The molecule has 19 heavy (non-hydrogen) atoms. The number of carboxylic acids is 1. The van der Waals surface area contributed by atoms with Crippen molar-refractivity contribution in [2.45, 2.75) is 12.5 Å².